The highest BCUT2D eigenvalue weighted by Crippen LogP contribution is 2.36. The zero-order valence-electron chi connectivity index (χ0n) is 11.7. The van der Waals surface area contributed by atoms with Gasteiger partial charge in [-0.15, -0.1) is 0 Å². The summed E-state index contributed by atoms with van der Waals surface area (Å²) in [6, 6.07) is 11.8. The molecular weight excluding hydrogens is 318 g/mol. The fourth-order valence-electron chi connectivity index (χ4n) is 1.89. The summed E-state index contributed by atoms with van der Waals surface area (Å²) in [5, 5.41) is 0. The third-order valence-corrected chi connectivity index (χ3v) is 3.71. The van der Waals surface area contributed by atoms with Gasteiger partial charge in [0, 0.05) is 6.54 Å². The van der Waals surface area contributed by atoms with E-state index in [0.717, 1.165) is 28.0 Å². The summed E-state index contributed by atoms with van der Waals surface area (Å²) in [5.41, 5.74) is 7.89. The van der Waals surface area contributed by atoms with Gasteiger partial charge in [-0.3, -0.25) is 0 Å². The molecule has 0 spiro atoms. The van der Waals surface area contributed by atoms with Crippen molar-refractivity contribution in [3.8, 4) is 17.2 Å². The first-order valence-corrected chi connectivity index (χ1v) is 7.30. The van der Waals surface area contributed by atoms with Gasteiger partial charge in [-0.25, -0.2) is 0 Å². The Morgan fingerprint density at radius 1 is 1.00 bits per heavy atom. The first kappa shape index (κ1) is 14.9. The number of hydrogen-bond acceptors (Lipinski definition) is 3. The van der Waals surface area contributed by atoms with Crippen LogP contribution in [-0.2, 0) is 13.0 Å². The maximum atomic E-state index is 5.92. The molecule has 0 atom stereocenters. The van der Waals surface area contributed by atoms with Crippen LogP contribution in [0, 0.1) is 0 Å². The largest absolute Gasteiger partial charge is 0.493 e. The van der Waals surface area contributed by atoms with Crippen molar-refractivity contribution in [3.05, 3.63) is 52.0 Å². The Hall–Kier alpha value is -1.52. The third kappa shape index (κ3) is 3.32. The van der Waals surface area contributed by atoms with Crippen LogP contribution in [0.1, 0.15) is 18.1 Å². The predicted molar refractivity (Wildman–Crippen MR) is 84.5 cm³/mol. The van der Waals surface area contributed by atoms with Gasteiger partial charge in [0.05, 0.1) is 11.6 Å². The SMILES string of the molecule is CCc1ccc(Oc2ccc(CN)cc2Br)c(OC)c1. The first-order valence-electron chi connectivity index (χ1n) is 6.51. The predicted octanol–water partition coefficient (Wildman–Crippen LogP) is 4.27. The zero-order valence-corrected chi connectivity index (χ0v) is 13.2. The van der Waals surface area contributed by atoms with E-state index in [1.54, 1.807) is 7.11 Å². The van der Waals surface area contributed by atoms with Crippen molar-refractivity contribution in [3.63, 3.8) is 0 Å². The Labute approximate surface area is 127 Å². The van der Waals surface area contributed by atoms with Crippen molar-refractivity contribution in [2.24, 2.45) is 5.73 Å². The average Bonchev–Trinajstić information content (AvgIpc) is 2.49. The van der Waals surface area contributed by atoms with E-state index in [0.29, 0.717) is 12.3 Å². The number of halogens is 1. The van der Waals surface area contributed by atoms with Crippen molar-refractivity contribution in [1.29, 1.82) is 0 Å². The molecule has 0 heterocycles. The monoisotopic (exact) mass is 335 g/mol. The Morgan fingerprint density at radius 3 is 2.30 bits per heavy atom. The maximum absolute atomic E-state index is 5.92. The molecule has 0 radical (unpaired) electrons. The van der Waals surface area contributed by atoms with Gasteiger partial charge in [0.15, 0.2) is 11.5 Å². The summed E-state index contributed by atoms with van der Waals surface area (Å²) in [5.74, 6) is 2.18. The fraction of sp³-hybridized carbons (Fsp3) is 0.250. The van der Waals surface area contributed by atoms with Gasteiger partial charge in [-0.1, -0.05) is 19.1 Å². The molecule has 0 aliphatic carbocycles. The third-order valence-electron chi connectivity index (χ3n) is 3.09. The summed E-state index contributed by atoms with van der Waals surface area (Å²) < 4.78 is 12.2. The van der Waals surface area contributed by atoms with E-state index < -0.39 is 0 Å². The van der Waals surface area contributed by atoms with Crippen molar-refractivity contribution < 1.29 is 9.47 Å². The van der Waals surface area contributed by atoms with Gasteiger partial charge < -0.3 is 15.2 Å². The highest BCUT2D eigenvalue weighted by Gasteiger charge is 2.09. The van der Waals surface area contributed by atoms with Crippen LogP contribution >= 0.6 is 15.9 Å². The van der Waals surface area contributed by atoms with Crippen LogP contribution in [0.2, 0.25) is 0 Å². The lowest BCUT2D eigenvalue weighted by Gasteiger charge is -2.13. The van der Waals surface area contributed by atoms with Crippen LogP contribution in [-0.4, -0.2) is 7.11 Å². The first-order chi connectivity index (χ1) is 9.67. The smallest absolute Gasteiger partial charge is 0.169 e. The van der Waals surface area contributed by atoms with E-state index in [9.17, 15) is 0 Å². The molecular formula is C16H18BrNO2. The van der Waals surface area contributed by atoms with Crippen LogP contribution in [0.5, 0.6) is 17.2 Å². The van der Waals surface area contributed by atoms with Crippen LogP contribution < -0.4 is 15.2 Å². The number of ether oxygens (including phenoxy) is 2. The van der Waals surface area contributed by atoms with E-state index in [2.05, 4.69) is 22.9 Å². The Balaban J connectivity index is 2.29. The lowest BCUT2D eigenvalue weighted by molar-refractivity contribution is 0.377. The average molecular weight is 336 g/mol. The molecule has 4 heteroatoms. The number of rotatable bonds is 5. The Bertz CT molecular complexity index is 599. The molecule has 0 bridgehead atoms. The van der Waals surface area contributed by atoms with E-state index >= 15 is 0 Å². The normalized spacial score (nSPS) is 10.4. The van der Waals surface area contributed by atoms with E-state index in [-0.39, 0.29) is 0 Å². The fourth-order valence-corrected chi connectivity index (χ4v) is 2.40. The zero-order chi connectivity index (χ0) is 14.5. The molecule has 2 aromatic carbocycles. The molecule has 20 heavy (non-hydrogen) atoms. The standard InChI is InChI=1S/C16H18BrNO2/c1-3-11-4-7-15(16(9-11)19-2)20-14-6-5-12(10-18)8-13(14)17/h4-9H,3,10,18H2,1-2H3. The van der Waals surface area contributed by atoms with Gasteiger partial charge in [-0.05, 0) is 57.7 Å². The minimum absolute atomic E-state index is 0.507. The number of aryl methyl sites for hydroxylation is 1. The second-order valence-corrected chi connectivity index (χ2v) is 5.26. The van der Waals surface area contributed by atoms with Crippen LogP contribution in [0.15, 0.2) is 40.9 Å². The van der Waals surface area contributed by atoms with Gasteiger partial charge in [0.1, 0.15) is 5.75 Å². The van der Waals surface area contributed by atoms with Crippen molar-refractivity contribution in [2.45, 2.75) is 19.9 Å². The summed E-state index contributed by atoms with van der Waals surface area (Å²) in [6.07, 6.45) is 0.964. The van der Waals surface area contributed by atoms with E-state index in [1.807, 2.05) is 36.4 Å². The molecule has 3 nitrogen and oxygen atoms in total. The van der Waals surface area contributed by atoms with Crippen LogP contribution in [0.3, 0.4) is 0 Å². The number of methoxy groups -OCH3 is 1. The number of hydrogen-bond donors (Lipinski definition) is 1. The molecule has 0 saturated carbocycles. The lowest BCUT2D eigenvalue weighted by Crippen LogP contribution is -1.97. The minimum atomic E-state index is 0.507. The molecule has 0 aromatic heterocycles. The molecule has 0 aliphatic rings. The highest BCUT2D eigenvalue weighted by molar-refractivity contribution is 9.10. The summed E-state index contributed by atoms with van der Waals surface area (Å²) >= 11 is 3.50. The summed E-state index contributed by atoms with van der Waals surface area (Å²) in [6.45, 7) is 2.62. The minimum Gasteiger partial charge on any atom is -0.493 e. The number of nitrogens with two attached hydrogens (primary N) is 1. The number of benzene rings is 2. The van der Waals surface area contributed by atoms with Crippen molar-refractivity contribution in [2.75, 3.05) is 7.11 Å². The summed E-state index contributed by atoms with van der Waals surface area (Å²) in [7, 11) is 1.65. The van der Waals surface area contributed by atoms with E-state index in [1.165, 1.54) is 5.56 Å². The van der Waals surface area contributed by atoms with Crippen LogP contribution in [0.25, 0.3) is 0 Å². The quantitative estimate of drug-likeness (QED) is 0.887. The molecule has 0 fully saturated rings. The molecule has 2 aromatic rings. The second-order valence-electron chi connectivity index (χ2n) is 4.41. The summed E-state index contributed by atoms with van der Waals surface area (Å²) in [4.78, 5) is 0. The highest BCUT2D eigenvalue weighted by atomic mass is 79.9. The van der Waals surface area contributed by atoms with E-state index in [4.69, 9.17) is 15.2 Å². The molecule has 2 rings (SSSR count). The lowest BCUT2D eigenvalue weighted by atomic mass is 10.1. The maximum Gasteiger partial charge on any atom is 0.169 e. The molecule has 0 saturated heterocycles. The van der Waals surface area contributed by atoms with Gasteiger partial charge in [0.25, 0.3) is 0 Å². The van der Waals surface area contributed by atoms with Crippen LogP contribution in [0.4, 0.5) is 0 Å². The molecule has 0 amide bonds. The van der Waals surface area contributed by atoms with Crippen molar-refractivity contribution >= 4 is 15.9 Å². The molecule has 2 N–H and O–H groups in total. The molecule has 0 aliphatic heterocycles. The van der Waals surface area contributed by atoms with Gasteiger partial charge >= 0.3 is 0 Å². The Kier molecular flexibility index (Phi) is 5.04. The van der Waals surface area contributed by atoms with Gasteiger partial charge in [-0.2, -0.15) is 0 Å². The van der Waals surface area contributed by atoms with Crippen molar-refractivity contribution in [1.82, 2.24) is 0 Å². The molecule has 106 valence electrons. The molecule has 0 unspecified atom stereocenters. The topological polar surface area (TPSA) is 44.5 Å². The Morgan fingerprint density at radius 2 is 1.70 bits per heavy atom. The van der Waals surface area contributed by atoms with Gasteiger partial charge in [0.2, 0.25) is 0 Å². The second kappa shape index (κ2) is 6.77.